The number of carbonyl (C=O) groups excluding carboxylic acids is 5. The van der Waals surface area contributed by atoms with Crippen LogP contribution in [0.1, 0.15) is 69.2 Å². The fourth-order valence-corrected chi connectivity index (χ4v) is 116. The van der Waals surface area contributed by atoms with Crippen LogP contribution in [0, 0.1) is 64.2 Å². The van der Waals surface area contributed by atoms with Gasteiger partial charge in [-0.2, -0.15) is 34.6 Å². The summed E-state index contributed by atoms with van der Waals surface area (Å²) < 4.78 is 133. The average molecular weight is 2460 g/mol. The van der Waals surface area contributed by atoms with Gasteiger partial charge >= 0.3 is 360 Å². The first kappa shape index (κ1) is 179. The van der Waals surface area contributed by atoms with E-state index >= 15 is 0 Å². The SMILES string of the molecule is C[C-]=O.C[C-]=O.C[C-]=O.C[C-]=O.C[C-]=O.[CH2-]COCC(C)C[Si](C)(C)CC[Si](C)(C)C.[CH2-]COCC(C)C[Si](C)(C)O[Si](C)(C)O[Si](C)(C)C.[CH2-]COCC(C)C[Si](C)(O[Si](C)(C)O[Si](C)(C)C)O[Si](C)(C)O[Si](C)(C)C.[CH2-]COCC(C)C[Si](O[Si](C)(C)O[Si](C)(C)C)(O[Si](C)(C)O[Si](C)(C)C)O[Si](C)(C)O[Si](C)(C)C.[CH2-]COCC(C)C[Si]1(C)O[Si](C)(C)O[Si](C)(C)O[Si](C)(C)O1.[K+].[K+].[K+].[K+].[K+]. The van der Waals surface area contributed by atoms with Crippen molar-refractivity contribution in [3.8, 4) is 0 Å². The van der Waals surface area contributed by atoms with Crippen molar-refractivity contribution >= 4 is 209 Å². The molecular formula is C87H214K5O26Si21-5. The summed E-state index contributed by atoms with van der Waals surface area (Å²) in [6, 6.07) is 7.87. The zero-order valence-electron chi connectivity index (χ0n) is 102. The minimum atomic E-state index is -3.34. The molecule has 0 aliphatic carbocycles. The average Bonchev–Trinajstić information content (AvgIpc) is 0.799. The molecule has 0 saturated carbocycles. The predicted octanol–water partition coefficient (Wildman–Crippen LogP) is 10.9. The van der Waals surface area contributed by atoms with Crippen LogP contribution in [0.4, 0.5) is 0 Å². The smallest absolute Gasteiger partial charge is 0.542 e. The summed E-state index contributed by atoms with van der Waals surface area (Å²) in [5.74, 6) is 2.12. The van der Waals surface area contributed by atoms with Crippen LogP contribution in [0.25, 0.3) is 0 Å². The van der Waals surface area contributed by atoms with Gasteiger partial charge in [-0.05, 0) is 310 Å². The Balaban J connectivity index is -0.000000114. The quantitative estimate of drug-likeness (QED) is 0.0404. The summed E-state index contributed by atoms with van der Waals surface area (Å²) in [6.45, 7) is 142. The molecule has 5 unspecified atom stereocenters. The van der Waals surface area contributed by atoms with Gasteiger partial charge in [-0.3, -0.25) is 31.4 Å². The molecule has 26 nitrogen and oxygen atoms in total. The molecule has 1 aliphatic heterocycles. The van der Waals surface area contributed by atoms with Crippen molar-refractivity contribution in [2.24, 2.45) is 29.6 Å². The van der Waals surface area contributed by atoms with Crippen LogP contribution in [0.2, 0.25) is 337 Å². The van der Waals surface area contributed by atoms with Gasteiger partial charge in [-0.25, -0.2) is 0 Å². The zero-order chi connectivity index (χ0) is 109. The molecule has 812 valence electrons. The van der Waals surface area contributed by atoms with E-state index in [1.54, 1.807) is 0 Å². The first-order chi connectivity index (χ1) is 59.4. The molecule has 1 rings (SSSR count). The Bertz CT molecular complexity index is 2860. The normalized spacial score (nSPS) is 15.9. The van der Waals surface area contributed by atoms with Gasteiger partial charge in [-0.15, -0.1) is 0 Å². The molecule has 5 atom stereocenters. The van der Waals surface area contributed by atoms with E-state index in [1.807, 2.05) is 0 Å². The number of hydrogen-bond acceptors (Lipinski definition) is 26. The maximum Gasteiger partial charge on any atom is 1.00 e. The summed E-state index contributed by atoms with van der Waals surface area (Å²) in [7, 11) is -43.4. The molecule has 139 heavy (non-hydrogen) atoms. The summed E-state index contributed by atoms with van der Waals surface area (Å²) in [4.78, 5) is 43.4. The third-order valence-corrected chi connectivity index (χ3v) is 90.3. The van der Waals surface area contributed by atoms with Gasteiger partial charge in [0.2, 0.25) is 0 Å². The first-order valence-corrected chi connectivity index (χ1v) is 111. The Kier molecular flexibility index (Phi) is 110. The maximum absolute atomic E-state index is 8.68. The van der Waals surface area contributed by atoms with Crippen LogP contribution >= 0.6 is 0 Å². The fourth-order valence-electron chi connectivity index (χ4n) is 16.1. The molecule has 52 heteroatoms. The third-order valence-electron chi connectivity index (χ3n) is 15.9. The second-order valence-electron chi connectivity index (χ2n) is 47.3. The van der Waals surface area contributed by atoms with Gasteiger partial charge in [0.15, 0.2) is 58.2 Å². The Morgan fingerprint density at radius 2 is 0.453 bits per heavy atom. The van der Waals surface area contributed by atoms with Gasteiger partial charge in [-0.1, -0.05) is 119 Å². The van der Waals surface area contributed by atoms with Crippen molar-refractivity contribution in [2.75, 3.05) is 66.1 Å². The van der Waals surface area contributed by atoms with E-state index in [1.165, 1.54) is 84.2 Å². The molecule has 0 aromatic rings. The van der Waals surface area contributed by atoms with Crippen LogP contribution in [0.5, 0.6) is 0 Å². The van der Waals surface area contributed by atoms with E-state index in [0.717, 1.165) is 31.3 Å². The fraction of sp³-hybridized carbons (Fsp3) is 0.885. The van der Waals surface area contributed by atoms with Gasteiger partial charge in [0.25, 0.3) is 0 Å². The monoisotopic (exact) mass is 2460 g/mol. The van der Waals surface area contributed by atoms with Crippen LogP contribution in [0.3, 0.4) is 0 Å². The van der Waals surface area contributed by atoms with Crippen LogP contribution < -0.4 is 257 Å². The van der Waals surface area contributed by atoms with Gasteiger partial charge in [0, 0.05) is 55.2 Å². The Labute approximate surface area is 1100 Å². The summed E-state index contributed by atoms with van der Waals surface area (Å²) in [5.41, 5.74) is 0. The second kappa shape index (κ2) is 85.2. The molecule has 0 bridgehead atoms. The Morgan fingerprint density at radius 1 is 0.259 bits per heavy atom. The molecule has 1 heterocycles. The molecule has 0 amide bonds. The molecule has 0 N–H and O–H groups in total. The van der Waals surface area contributed by atoms with Crippen LogP contribution in [-0.2, 0) is 113 Å². The molecule has 1 saturated heterocycles. The van der Waals surface area contributed by atoms with Crippen molar-refractivity contribution < 1.29 is 370 Å². The third kappa shape index (κ3) is 127. The van der Waals surface area contributed by atoms with Gasteiger partial charge in [0.05, 0.1) is 0 Å². The second-order valence-corrected chi connectivity index (χ2v) is 133. The summed E-state index contributed by atoms with van der Waals surface area (Å²) in [6.07, 6.45) is 7.50. The number of ether oxygens (including phenoxy) is 5. The maximum atomic E-state index is 8.68. The van der Waals surface area contributed by atoms with Crippen molar-refractivity contribution in [3.63, 3.8) is 0 Å². The largest absolute Gasteiger partial charge is 1.00 e. The Morgan fingerprint density at radius 3 is 0.676 bits per heavy atom. The van der Waals surface area contributed by atoms with Gasteiger partial charge in [0.1, 0.15) is 0 Å². The van der Waals surface area contributed by atoms with Crippen LogP contribution in [-0.4, -0.2) is 275 Å². The van der Waals surface area contributed by atoms with E-state index in [-0.39, 0.29) is 263 Å². The topological polar surface area (TPSA) is 279 Å². The van der Waals surface area contributed by atoms with E-state index in [2.05, 4.69) is 364 Å². The minimum Gasteiger partial charge on any atom is -0.542 e. The molecule has 0 aromatic heterocycles. The zero-order valence-corrected chi connectivity index (χ0v) is 139. The molecular weight excluding hydrogens is 2250 g/mol. The van der Waals surface area contributed by atoms with Crippen molar-refractivity contribution in [2.45, 2.75) is 406 Å². The molecule has 0 aromatic carbocycles. The van der Waals surface area contributed by atoms with E-state index < -0.39 is 177 Å². The predicted molar refractivity (Wildman–Crippen MR) is 619 cm³/mol. The standard InChI is InChI=1S/C21H57O7Si7.C17H45O5Si5.C13H33O5Si4.C13H33O3Si3.C13H31OSi2.5C2H3O.5K/c1-18-22-19-21(2)20-35(26-32(12,13)23-29(3,4)5,27-33(14,15)24-30(6,7)8)28-34(16,17)25-31(9,10)11;1-14-18-15-17(2)16-27(13,21-25(9,10)19-23(3,4)5)22-26(11,12)20-24(6,7)8;1-10-14-11-13(2)12-22(9)17-20(5,6)15-19(3,4)16-21(7,8)18-22;1-10-14-11-13(2)12-18(6,7)16-19(8,9)15-17(3,4)5;1-8-14-11-13(2)12-16(6,7)10-9-15(3,4)5;5*1-2-3;;;;;/h21H,1,18-20H2,2-17H3;17H,1,14-16H2,2-13H3;13H,1,10-12H2,2-9H3;13H,1,10-12H2,2-9H3;13H,1,8-12H2,2-7H3;5*1H3;;;;;/q10*-1;5*+1. The Hall–Kier alpha value is 10.2. The molecule has 0 radical (unpaired) electrons. The first-order valence-electron chi connectivity index (χ1n) is 47.9. The summed E-state index contributed by atoms with van der Waals surface area (Å²) >= 11 is 0. The number of hydrogen-bond donors (Lipinski definition) is 0. The van der Waals surface area contributed by atoms with E-state index in [9.17, 15) is 0 Å². The van der Waals surface area contributed by atoms with Crippen molar-refractivity contribution in [1.29, 1.82) is 0 Å². The van der Waals surface area contributed by atoms with Crippen molar-refractivity contribution in [1.82, 2.24) is 0 Å². The van der Waals surface area contributed by atoms with Crippen molar-refractivity contribution in [3.05, 3.63) is 34.6 Å². The molecule has 1 aliphatic rings. The minimum absolute atomic E-state index is 0. The summed E-state index contributed by atoms with van der Waals surface area (Å²) in [5, 5.41) is 0. The number of rotatable bonds is 52. The van der Waals surface area contributed by atoms with E-state index in [0.29, 0.717) is 82.6 Å². The molecule has 1 fully saturated rings. The van der Waals surface area contributed by atoms with E-state index in [4.69, 9.17) is 113 Å². The van der Waals surface area contributed by atoms with Gasteiger partial charge < -0.3 is 148 Å². The van der Waals surface area contributed by atoms with Crippen LogP contribution in [0.15, 0.2) is 0 Å². The molecule has 0 spiro atoms.